The summed E-state index contributed by atoms with van der Waals surface area (Å²) in [5, 5.41) is 11.3. The molecule has 4 atom stereocenters. The van der Waals surface area contributed by atoms with Crippen LogP contribution in [0.15, 0.2) is 59.7 Å². The standard InChI is InChI=1S/C52H78O8/c1-9-11-13-15-40-33-46(53)50(43-31-38(5)17-19-42(43)37(3)4)47(34-40)58-29-27-56-25-23-54-21-22-55-24-26-57-28-30-59-48-35-41(16-14-12-10-2)36-49-51(48)44-32-39(6)18-20-45(44)52(7,8)60-49/h31-36,42-45,53H,3,9-30H2,1-2,4-8H3/t42-,43+,44+,45+/m0/s1. The number of aryl methyl sites for hydroxylation is 2. The van der Waals surface area contributed by atoms with Crippen LogP contribution in [0.2, 0.25) is 0 Å². The summed E-state index contributed by atoms with van der Waals surface area (Å²) in [6, 6.07) is 8.58. The molecular weight excluding hydrogens is 753 g/mol. The fourth-order valence-electron chi connectivity index (χ4n) is 9.34. The molecule has 0 saturated heterocycles. The van der Waals surface area contributed by atoms with E-state index in [1.807, 2.05) is 6.07 Å². The van der Waals surface area contributed by atoms with Crippen molar-refractivity contribution in [1.82, 2.24) is 0 Å². The van der Waals surface area contributed by atoms with Crippen molar-refractivity contribution in [2.24, 2.45) is 11.8 Å². The number of ether oxygens (including phenoxy) is 7. The topological polar surface area (TPSA) is 84.8 Å². The first-order valence-electron chi connectivity index (χ1n) is 23.3. The Morgan fingerprint density at radius 1 is 0.667 bits per heavy atom. The number of phenolic OH excluding ortho intramolecular Hbond substituents is 1. The van der Waals surface area contributed by atoms with Crippen molar-refractivity contribution in [3.05, 3.63) is 82.0 Å². The summed E-state index contributed by atoms with van der Waals surface area (Å²) >= 11 is 0. The average Bonchev–Trinajstić information content (AvgIpc) is 3.20. The first-order valence-corrected chi connectivity index (χ1v) is 23.3. The van der Waals surface area contributed by atoms with E-state index in [1.165, 1.54) is 48.0 Å². The molecule has 2 aromatic carbocycles. The number of unbranched alkanes of at least 4 members (excludes halogenated alkanes) is 4. The van der Waals surface area contributed by atoms with Crippen LogP contribution in [0.3, 0.4) is 0 Å². The first-order chi connectivity index (χ1) is 29.0. The van der Waals surface area contributed by atoms with Crippen molar-refractivity contribution < 1.29 is 38.3 Å². The molecule has 0 spiro atoms. The van der Waals surface area contributed by atoms with Gasteiger partial charge in [-0.15, -0.1) is 0 Å². The third kappa shape index (κ3) is 13.9. The average molecular weight is 831 g/mol. The number of hydrogen-bond acceptors (Lipinski definition) is 8. The molecule has 3 aliphatic rings. The van der Waals surface area contributed by atoms with Gasteiger partial charge >= 0.3 is 0 Å². The molecule has 0 fully saturated rings. The second-order valence-electron chi connectivity index (χ2n) is 18.0. The van der Waals surface area contributed by atoms with E-state index in [0.29, 0.717) is 83.7 Å². The lowest BCUT2D eigenvalue weighted by molar-refractivity contribution is -0.00741. The molecule has 60 heavy (non-hydrogen) atoms. The van der Waals surface area contributed by atoms with E-state index >= 15 is 0 Å². The van der Waals surface area contributed by atoms with E-state index in [4.69, 9.17) is 33.2 Å². The van der Waals surface area contributed by atoms with Gasteiger partial charge in [-0.3, -0.25) is 0 Å². The van der Waals surface area contributed by atoms with Crippen molar-refractivity contribution in [1.29, 1.82) is 0 Å². The van der Waals surface area contributed by atoms with Crippen LogP contribution in [-0.4, -0.2) is 76.8 Å². The molecule has 1 aliphatic heterocycles. The van der Waals surface area contributed by atoms with Gasteiger partial charge in [-0.2, -0.15) is 0 Å². The van der Waals surface area contributed by atoms with E-state index in [-0.39, 0.29) is 17.4 Å². The minimum atomic E-state index is -0.216. The van der Waals surface area contributed by atoms with E-state index in [0.717, 1.165) is 85.3 Å². The molecule has 1 N–H and O–H groups in total. The molecule has 0 saturated carbocycles. The molecule has 2 aliphatic carbocycles. The quantitative estimate of drug-likeness (QED) is 0.0704. The maximum Gasteiger partial charge on any atom is 0.127 e. The lowest BCUT2D eigenvalue weighted by Gasteiger charge is -2.46. The van der Waals surface area contributed by atoms with Crippen LogP contribution < -0.4 is 14.2 Å². The van der Waals surface area contributed by atoms with E-state index in [1.54, 1.807) is 0 Å². The number of hydrogen-bond donors (Lipinski definition) is 1. The fourth-order valence-corrected chi connectivity index (χ4v) is 9.34. The zero-order chi connectivity index (χ0) is 42.9. The molecule has 0 radical (unpaired) electrons. The molecule has 5 rings (SSSR count). The molecule has 0 unspecified atom stereocenters. The molecule has 0 aromatic heterocycles. The predicted octanol–water partition coefficient (Wildman–Crippen LogP) is 12.0. The Kier molecular flexibility index (Phi) is 19.4. The second-order valence-corrected chi connectivity index (χ2v) is 18.0. The lowest BCUT2D eigenvalue weighted by Crippen LogP contribution is -2.45. The summed E-state index contributed by atoms with van der Waals surface area (Å²) in [6.07, 6.45) is 18.0. The summed E-state index contributed by atoms with van der Waals surface area (Å²) in [6.45, 7) is 24.5. The highest BCUT2D eigenvalue weighted by molar-refractivity contribution is 5.55. The molecular formula is C52H78O8. The summed E-state index contributed by atoms with van der Waals surface area (Å²) in [5.41, 5.74) is 8.18. The van der Waals surface area contributed by atoms with Crippen LogP contribution in [0.25, 0.3) is 0 Å². The minimum Gasteiger partial charge on any atom is -0.507 e. The van der Waals surface area contributed by atoms with Crippen LogP contribution in [0, 0.1) is 11.8 Å². The molecule has 8 nitrogen and oxygen atoms in total. The normalized spacial score (nSPS) is 20.7. The third-order valence-corrected chi connectivity index (χ3v) is 12.6. The van der Waals surface area contributed by atoms with Gasteiger partial charge in [0.2, 0.25) is 0 Å². The predicted molar refractivity (Wildman–Crippen MR) is 243 cm³/mol. The number of rotatable bonds is 27. The van der Waals surface area contributed by atoms with Crippen molar-refractivity contribution in [2.75, 3.05) is 66.1 Å². The van der Waals surface area contributed by atoms with Gasteiger partial charge < -0.3 is 38.3 Å². The Morgan fingerprint density at radius 3 is 1.68 bits per heavy atom. The van der Waals surface area contributed by atoms with Gasteiger partial charge in [0, 0.05) is 28.9 Å². The number of phenols is 1. The molecule has 0 bridgehead atoms. The second kappa shape index (κ2) is 24.4. The van der Waals surface area contributed by atoms with Crippen LogP contribution in [0.1, 0.15) is 147 Å². The fraction of sp³-hybridized carbons (Fsp3) is 0.654. The number of fused-ring (bicyclic) bond motifs is 3. The van der Waals surface area contributed by atoms with Crippen LogP contribution in [0.5, 0.6) is 23.0 Å². The van der Waals surface area contributed by atoms with E-state index in [2.05, 4.69) is 85.4 Å². The van der Waals surface area contributed by atoms with Crippen LogP contribution in [-0.2, 0) is 31.8 Å². The van der Waals surface area contributed by atoms with Crippen molar-refractivity contribution >= 4 is 0 Å². The van der Waals surface area contributed by atoms with Gasteiger partial charge in [-0.1, -0.05) is 75.0 Å². The van der Waals surface area contributed by atoms with Gasteiger partial charge in [-0.05, 0) is 127 Å². The highest BCUT2D eigenvalue weighted by atomic mass is 16.6. The zero-order valence-corrected chi connectivity index (χ0v) is 38.3. The van der Waals surface area contributed by atoms with E-state index < -0.39 is 0 Å². The van der Waals surface area contributed by atoms with Crippen molar-refractivity contribution in [2.45, 2.75) is 143 Å². The van der Waals surface area contributed by atoms with Gasteiger partial charge in [-0.25, -0.2) is 0 Å². The van der Waals surface area contributed by atoms with Crippen LogP contribution in [0.4, 0.5) is 0 Å². The van der Waals surface area contributed by atoms with Gasteiger partial charge in [0.05, 0.1) is 52.9 Å². The van der Waals surface area contributed by atoms with Gasteiger partial charge in [0.25, 0.3) is 0 Å². The van der Waals surface area contributed by atoms with E-state index in [9.17, 15) is 5.11 Å². The summed E-state index contributed by atoms with van der Waals surface area (Å²) in [5.74, 6) is 4.04. The lowest BCUT2D eigenvalue weighted by atomic mass is 9.68. The Bertz CT molecular complexity index is 1710. The first kappa shape index (κ1) is 47.7. The number of allylic oxidation sites excluding steroid dienone is 5. The largest absolute Gasteiger partial charge is 0.507 e. The SMILES string of the molecule is C=C(C)[C@@H]1CCC(C)=C[C@H]1c1c(O)cc(CCCCC)cc1OCCOCCOCCOCCOCCOc1cc(CCCCC)cc2c1[C@@H]1C=C(C)CC[C@H]1C(C)(C)O2. The monoisotopic (exact) mass is 831 g/mol. The highest BCUT2D eigenvalue weighted by Crippen LogP contribution is 2.54. The van der Waals surface area contributed by atoms with Gasteiger partial charge in [0.15, 0.2) is 0 Å². The Morgan fingerprint density at radius 2 is 1.15 bits per heavy atom. The number of aromatic hydroxyl groups is 1. The maximum atomic E-state index is 11.3. The Hall–Kier alpha value is -3.30. The maximum absolute atomic E-state index is 11.3. The minimum absolute atomic E-state index is 0.0440. The molecule has 2 aromatic rings. The van der Waals surface area contributed by atoms with Crippen molar-refractivity contribution in [3.8, 4) is 23.0 Å². The molecule has 8 heteroatoms. The summed E-state index contributed by atoms with van der Waals surface area (Å²) in [7, 11) is 0. The van der Waals surface area contributed by atoms with Crippen molar-refractivity contribution in [3.63, 3.8) is 0 Å². The summed E-state index contributed by atoms with van der Waals surface area (Å²) in [4.78, 5) is 0. The molecule has 0 amide bonds. The Balaban J connectivity index is 0.976. The Labute approximate surface area is 363 Å². The third-order valence-electron chi connectivity index (χ3n) is 12.6. The highest BCUT2D eigenvalue weighted by Gasteiger charge is 2.45. The molecule has 1 heterocycles. The summed E-state index contributed by atoms with van der Waals surface area (Å²) < 4.78 is 42.8. The molecule has 334 valence electrons. The smallest absolute Gasteiger partial charge is 0.127 e. The number of benzene rings is 2. The van der Waals surface area contributed by atoms with Gasteiger partial charge in [0.1, 0.15) is 41.8 Å². The zero-order valence-electron chi connectivity index (χ0n) is 38.3. The van der Waals surface area contributed by atoms with Crippen LogP contribution >= 0.6 is 0 Å².